The fourth-order valence-corrected chi connectivity index (χ4v) is 1.66. The normalized spacial score (nSPS) is 12.5. The molecule has 1 N–H and O–H groups in total. The van der Waals surface area contributed by atoms with E-state index in [-0.39, 0.29) is 0 Å². The number of para-hydroxylation sites is 1. The van der Waals surface area contributed by atoms with Crippen molar-refractivity contribution >= 4 is 11.8 Å². The summed E-state index contributed by atoms with van der Waals surface area (Å²) in [7, 11) is 0. The number of hydrogen-bond donors (Lipinski definition) is 1. The van der Waals surface area contributed by atoms with Crippen LogP contribution in [0.25, 0.3) is 6.08 Å². The maximum atomic E-state index is 3.43. The van der Waals surface area contributed by atoms with E-state index in [0.717, 1.165) is 5.69 Å². The Morgan fingerprint density at radius 2 is 1.47 bits per heavy atom. The van der Waals surface area contributed by atoms with E-state index >= 15 is 0 Å². The van der Waals surface area contributed by atoms with E-state index in [1.807, 2.05) is 24.3 Å². The van der Waals surface area contributed by atoms with E-state index in [2.05, 4.69) is 60.8 Å². The number of benzene rings is 2. The first-order chi connectivity index (χ1) is 8.34. The van der Waals surface area contributed by atoms with Crippen LogP contribution in [0.15, 0.2) is 66.7 Å². The average Bonchev–Trinajstić information content (AvgIpc) is 2.39. The van der Waals surface area contributed by atoms with Gasteiger partial charge in [-0.15, -0.1) is 0 Å². The van der Waals surface area contributed by atoms with Crippen molar-refractivity contribution in [1.82, 2.24) is 0 Å². The molecule has 1 nitrogen and oxygen atoms in total. The number of nitrogens with one attached hydrogen (secondary N) is 1. The third-order valence-corrected chi connectivity index (χ3v) is 2.55. The van der Waals surface area contributed by atoms with Crippen molar-refractivity contribution in [3.05, 3.63) is 72.3 Å². The molecule has 17 heavy (non-hydrogen) atoms. The second kappa shape index (κ2) is 5.90. The summed E-state index contributed by atoms with van der Waals surface area (Å²) in [5, 5.41) is 3.43. The summed E-state index contributed by atoms with van der Waals surface area (Å²) in [6, 6.07) is 20.9. The van der Waals surface area contributed by atoms with E-state index in [1.165, 1.54) is 5.56 Å². The molecule has 0 fully saturated rings. The van der Waals surface area contributed by atoms with E-state index in [0.29, 0.717) is 6.04 Å². The first kappa shape index (κ1) is 11.5. The molecule has 0 bridgehead atoms. The van der Waals surface area contributed by atoms with Crippen molar-refractivity contribution in [2.45, 2.75) is 13.0 Å². The topological polar surface area (TPSA) is 12.0 Å². The molecule has 1 atom stereocenters. The lowest BCUT2D eigenvalue weighted by Gasteiger charge is -2.10. The lowest BCUT2D eigenvalue weighted by Crippen LogP contribution is -2.11. The van der Waals surface area contributed by atoms with Crippen LogP contribution in [-0.4, -0.2) is 6.04 Å². The monoisotopic (exact) mass is 223 g/mol. The van der Waals surface area contributed by atoms with Crippen LogP contribution in [0.2, 0.25) is 0 Å². The minimum absolute atomic E-state index is 0.317. The molecule has 86 valence electrons. The van der Waals surface area contributed by atoms with Crippen molar-refractivity contribution in [1.29, 1.82) is 0 Å². The Labute approximate surface area is 103 Å². The lowest BCUT2D eigenvalue weighted by atomic mass is 10.2. The molecule has 0 aliphatic carbocycles. The Kier molecular flexibility index (Phi) is 3.98. The molecule has 0 heterocycles. The van der Waals surface area contributed by atoms with Gasteiger partial charge in [0.1, 0.15) is 0 Å². The summed E-state index contributed by atoms with van der Waals surface area (Å²) < 4.78 is 0. The van der Waals surface area contributed by atoms with Crippen LogP contribution >= 0.6 is 0 Å². The first-order valence-corrected chi connectivity index (χ1v) is 5.89. The maximum Gasteiger partial charge on any atom is 0.0419 e. The predicted molar refractivity (Wildman–Crippen MR) is 75.0 cm³/mol. The smallest absolute Gasteiger partial charge is 0.0419 e. The van der Waals surface area contributed by atoms with Crippen molar-refractivity contribution < 1.29 is 0 Å². The average molecular weight is 223 g/mol. The molecule has 1 heteroatoms. The van der Waals surface area contributed by atoms with Crippen LogP contribution in [0.3, 0.4) is 0 Å². The Balaban J connectivity index is 1.94. The van der Waals surface area contributed by atoms with E-state index < -0.39 is 0 Å². The SMILES string of the molecule is C[C@@H](/C=C/c1ccccc1)Nc1ccccc1. The fourth-order valence-electron chi connectivity index (χ4n) is 1.66. The molecule has 0 saturated heterocycles. The Hall–Kier alpha value is -2.02. The van der Waals surface area contributed by atoms with Gasteiger partial charge in [0.25, 0.3) is 0 Å². The minimum Gasteiger partial charge on any atom is -0.379 e. The van der Waals surface area contributed by atoms with Crippen molar-refractivity contribution in [3.63, 3.8) is 0 Å². The van der Waals surface area contributed by atoms with Gasteiger partial charge >= 0.3 is 0 Å². The predicted octanol–water partition coefficient (Wildman–Crippen LogP) is 4.20. The molecule has 0 aliphatic rings. The largest absolute Gasteiger partial charge is 0.379 e. The van der Waals surface area contributed by atoms with Gasteiger partial charge in [0, 0.05) is 11.7 Å². The summed E-state index contributed by atoms with van der Waals surface area (Å²) in [4.78, 5) is 0. The molecule has 0 aliphatic heterocycles. The zero-order chi connectivity index (χ0) is 11.9. The van der Waals surface area contributed by atoms with Gasteiger partial charge in [0.05, 0.1) is 0 Å². The molecule has 0 aromatic heterocycles. The van der Waals surface area contributed by atoms with Crippen molar-refractivity contribution in [2.24, 2.45) is 0 Å². The zero-order valence-electron chi connectivity index (χ0n) is 10.0. The Morgan fingerprint density at radius 1 is 0.882 bits per heavy atom. The van der Waals surface area contributed by atoms with Crippen LogP contribution in [0.1, 0.15) is 12.5 Å². The highest BCUT2D eigenvalue weighted by molar-refractivity contribution is 5.52. The first-order valence-electron chi connectivity index (χ1n) is 5.89. The van der Waals surface area contributed by atoms with Gasteiger partial charge in [0.2, 0.25) is 0 Å². The van der Waals surface area contributed by atoms with Crippen LogP contribution < -0.4 is 5.32 Å². The van der Waals surface area contributed by atoms with Gasteiger partial charge in [0.15, 0.2) is 0 Å². The third kappa shape index (κ3) is 3.80. The second-order valence-corrected chi connectivity index (χ2v) is 4.07. The molecule has 2 aromatic rings. The molecule has 0 amide bonds. The summed E-state index contributed by atoms with van der Waals surface area (Å²) in [5.41, 5.74) is 2.38. The molecule has 0 unspecified atom stereocenters. The van der Waals surface area contributed by atoms with Gasteiger partial charge in [-0.05, 0) is 24.6 Å². The number of rotatable bonds is 4. The fraction of sp³-hybridized carbons (Fsp3) is 0.125. The lowest BCUT2D eigenvalue weighted by molar-refractivity contribution is 1.00. The molecule has 0 radical (unpaired) electrons. The Bertz CT molecular complexity index is 459. The number of hydrogen-bond acceptors (Lipinski definition) is 1. The quantitative estimate of drug-likeness (QED) is 0.819. The molecular formula is C16H17N. The van der Waals surface area contributed by atoms with Crippen LogP contribution in [-0.2, 0) is 0 Å². The highest BCUT2D eigenvalue weighted by Crippen LogP contribution is 2.08. The van der Waals surface area contributed by atoms with Gasteiger partial charge < -0.3 is 5.32 Å². The van der Waals surface area contributed by atoms with Crippen LogP contribution in [0.4, 0.5) is 5.69 Å². The highest BCUT2D eigenvalue weighted by Gasteiger charge is 1.95. The second-order valence-electron chi connectivity index (χ2n) is 4.07. The van der Waals surface area contributed by atoms with E-state index in [1.54, 1.807) is 0 Å². The van der Waals surface area contributed by atoms with Gasteiger partial charge in [-0.3, -0.25) is 0 Å². The zero-order valence-corrected chi connectivity index (χ0v) is 10.0. The highest BCUT2D eigenvalue weighted by atomic mass is 14.9. The third-order valence-electron chi connectivity index (χ3n) is 2.55. The maximum absolute atomic E-state index is 3.43. The summed E-state index contributed by atoms with van der Waals surface area (Å²) in [6.07, 6.45) is 4.31. The molecule has 2 rings (SSSR count). The molecular weight excluding hydrogens is 206 g/mol. The van der Waals surface area contributed by atoms with E-state index in [4.69, 9.17) is 0 Å². The molecule has 2 aromatic carbocycles. The summed E-state index contributed by atoms with van der Waals surface area (Å²) >= 11 is 0. The summed E-state index contributed by atoms with van der Waals surface area (Å²) in [6.45, 7) is 2.15. The Morgan fingerprint density at radius 3 is 2.12 bits per heavy atom. The summed E-state index contributed by atoms with van der Waals surface area (Å²) in [5.74, 6) is 0. The van der Waals surface area contributed by atoms with Crippen LogP contribution in [0, 0.1) is 0 Å². The van der Waals surface area contributed by atoms with Gasteiger partial charge in [-0.1, -0.05) is 60.7 Å². The minimum atomic E-state index is 0.317. The standard InChI is InChI=1S/C16H17N/c1-14(17-16-10-6-3-7-11-16)12-13-15-8-4-2-5-9-15/h2-14,17H,1H3/b13-12+/t14-/m0/s1. The number of anilines is 1. The van der Waals surface area contributed by atoms with Crippen molar-refractivity contribution in [2.75, 3.05) is 5.32 Å². The van der Waals surface area contributed by atoms with E-state index in [9.17, 15) is 0 Å². The molecule has 0 saturated carbocycles. The van der Waals surface area contributed by atoms with Crippen LogP contribution in [0.5, 0.6) is 0 Å². The van der Waals surface area contributed by atoms with Crippen molar-refractivity contribution in [3.8, 4) is 0 Å². The van der Waals surface area contributed by atoms with Gasteiger partial charge in [-0.25, -0.2) is 0 Å². The molecule has 0 spiro atoms. The van der Waals surface area contributed by atoms with Gasteiger partial charge in [-0.2, -0.15) is 0 Å².